The third kappa shape index (κ3) is 3.93. The zero-order valence-electron chi connectivity index (χ0n) is 18.2. The summed E-state index contributed by atoms with van der Waals surface area (Å²) in [5.74, 6) is -0.507. The number of rotatable bonds is 4. The summed E-state index contributed by atoms with van der Waals surface area (Å²) in [7, 11) is 1.45. The number of hydrogen-bond donors (Lipinski definition) is 0. The van der Waals surface area contributed by atoms with Crippen LogP contribution in [0.1, 0.15) is 15.4 Å². The maximum absolute atomic E-state index is 13.7. The number of hydrogen-bond acceptors (Lipinski definition) is 5. The molecule has 0 spiro atoms. The van der Waals surface area contributed by atoms with Crippen LogP contribution in [0.15, 0.2) is 48.5 Å². The molecule has 1 fully saturated rings. The van der Waals surface area contributed by atoms with Gasteiger partial charge in [-0.25, -0.2) is 13.5 Å². The van der Waals surface area contributed by atoms with Crippen molar-refractivity contribution >= 4 is 33.1 Å². The van der Waals surface area contributed by atoms with Crippen LogP contribution in [0.2, 0.25) is 0 Å². The molecule has 0 atom stereocenters. The second kappa shape index (κ2) is 8.47. The van der Waals surface area contributed by atoms with Crippen molar-refractivity contribution in [2.24, 2.45) is 0 Å². The summed E-state index contributed by atoms with van der Waals surface area (Å²) in [4.78, 5) is 18.7. The second-order valence-corrected chi connectivity index (χ2v) is 8.93. The summed E-state index contributed by atoms with van der Waals surface area (Å²) < 4.78 is 33.9. The molecule has 1 aliphatic rings. The Bertz CT molecular complexity index is 1320. The number of nitrogens with zero attached hydrogens (tertiary/aromatic N) is 4. The molecule has 4 aromatic rings. The molecule has 0 saturated carbocycles. The van der Waals surface area contributed by atoms with Crippen LogP contribution in [0.5, 0.6) is 5.75 Å². The van der Waals surface area contributed by atoms with Gasteiger partial charge in [0.1, 0.15) is 10.6 Å². The number of benzene rings is 2. The van der Waals surface area contributed by atoms with E-state index in [0.29, 0.717) is 31.1 Å². The van der Waals surface area contributed by atoms with Gasteiger partial charge in [-0.15, -0.1) is 11.3 Å². The minimum absolute atomic E-state index is 0.0161. The van der Waals surface area contributed by atoms with E-state index in [1.807, 2.05) is 17.9 Å². The summed E-state index contributed by atoms with van der Waals surface area (Å²) >= 11 is 1.39. The Morgan fingerprint density at radius 1 is 1.00 bits per heavy atom. The molecule has 6 nitrogen and oxygen atoms in total. The number of carbonyl (C=O) groups excluding carboxylic acids is 1. The van der Waals surface area contributed by atoms with Gasteiger partial charge in [-0.2, -0.15) is 5.10 Å². The van der Waals surface area contributed by atoms with Crippen molar-refractivity contribution < 1.29 is 18.3 Å². The zero-order chi connectivity index (χ0) is 23.1. The first kappa shape index (κ1) is 21.4. The fraction of sp³-hybridized carbons (Fsp3) is 0.250. The monoisotopic (exact) mass is 468 g/mol. The molecule has 0 aliphatic carbocycles. The van der Waals surface area contributed by atoms with Crippen molar-refractivity contribution in [2.45, 2.75) is 6.92 Å². The molecule has 9 heteroatoms. The quantitative estimate of drug-likeness (QED) is 0.438. The standard InChI is InChI=1S/C24H22F2N4O2S/c1-15-19-14-22(33-24(19)30(27-15)17-5-3-16(25)4-6-17)23(31)29-11-9-28(10-12-29)18-7-8-20(26)21(13-18)32-2/h3-8,13-14H,9-12H2,1-2H3. The van der Waals surface area contributed by atoms with Crippen molar-refractivity contribution in [2.75, 3.05) is 38.2 Å². The molecule has 0 N–H and O–H groups in total. The van der Waals surface area contributed by atoms with Crippen LogP contribution >= 0.6 is 11.3 Å². The Hall–Kier alpha value is -3.46. The molecule has 33 heavy (non-hydrogen) atoms. The lowest BCUT2D eigenvalue weighted by molar-refractivity contribution is 0.0751. The van der Waals surface area contributed by atoms with E-state index in [-0.39, 0.29) is 17.5 Å². The zero-order valence-corrected chi connectivity index (χ0v) is 19.0. The molecule has 170 valence electrons. The Morgan fingerprint density at radius 3 is 2.39 bits per heavy atom. The van der Waals surface area contributed by atoms with Gasteiger partial charge in [-0.1, -0.05) is 0 Å². The minimum atomic E-state index is -0.394. The van der Waals surface area contributed by atoms with E-state index in [0.717, 1.165) is 27.3 Å². The van der Waals surface area contributed by atoms with Crippen LogP contribution in [0.4, 0.5) is 14.5 Å². The third-order valence-electron chi connectivity index (χ3n) is 5.89. The normalized spacial score (nSPS) is 14.2. The first-order chi connectivity index (χ1) is 15.9. The van der Waals surface area contributed by atoms with Crippen LogP contribution in [-0.4, -0.2) is 53.9 Å². The number of thiophene rings is 1. The molecule has 0 unspecified atom stereocenters. The lowest BCUT2D eigenvalue weighted by Gasteiger charge is -2.36. The Morgan fingerprint density at radius 2 is 1.70 bits per heavy atom. The highest BCUT2D eigenvalue weighted by Crippen LogP contribution is 2.32. The van der Waals surface area contributed by atoms with E-state index in [1.165, 1.54) is 36.6 Å². The predicted molar refractivity (Wildman–Crippen MR) is 125 cm³/mol. The lowest BCUT2D eigenvalue weighted by atomic mass is 10.2. The number of carbonyl (C=O) groups is 1. The minimum Gasteiger partial charge on any atom is -0.494 e. The Balaban J connectivity index is 1.34. The number of piperazine rings is 1. The summed E-state index contributed by atoms with van der Waals surface area (Å²) in [5, 5.41) is 5.48. The Labute approximate surface area is 193 Å². The Kier molecular flexibility index (Phi) is 5.49. The largest absolute Gasteiger partial charge is 0.494 e. The van der Waals surface area contributed by atoms with Crippen molar-refractivity contribution in [3.63, 3.8) is 0 Å². The maximum Gasteiger partial charge on any atom is 0.264 e. The van der Waals surface area contributed by atoms with E-state index in [2.05, 4.69) is 10.00 Å². The number of fused-ring (bicyclic) bond motifs is 1. The van der Waals surface area contributed by atoms with Crippen LogP contribution in [0, 0.1) is 18.6 Å². The summed E-state index contributed by atoms with van der Waals surface area (Å²) in [6.45, 7) is 4.33. The van der Waals surface area contributed by atoms with Gasteiger partial charge in [-0.3, -0.25) is 4.79 Å². The highest BCUT2D eigenvalue weighted by Gasteiger charge is 2.25. The van der Waals surface area contributed by atoms with Gasteiger partial charge in [0.2, 0.25) is 0 Å². The molecule has 2 aromatic carbocycles. The van der Waals surface area contributed by atoms with E-state index in [1.54, 1.807) is 28.9 Å². The summed E-state index contributed by atoms with van der Waals surface area (Å²) in [6.07, 6.45) is 0. The molecule has 3 heterocycles. The van der Waals surface area contributed by atoms with E-state index >= 15 is 0 Å². The number of amides is 1. The molecule has 5 rings (SSSR count). The lowest BCUT2D eigenvalue weighted by Crippen LogP contribution is -2.48. The number of halogens is 2. The first-order valence-corrected chi connectivity index (χ1v) is 11.4. The molecule has 0 bridgehead atoms. The first-order valence-electron chi connectivity index (χ1n) is 10.6. The SMILES string of the molecule is COc1cc(N2CCN(C(=O)c3cc4c(C)nn(-c5ccc(F)cc5)c4s3)CC2)ccc1F. The number of aromatic nitrogens is 2. The van der Waals surface area contributed by atoms with Gasteiger partial charge in [-0.05, 0) is 49.4 Å². The number of anilines is 1. The molecular formula is C24H22F2N4O2S. The fourth-order valence-electron chi connectivity index (χ4n) is 4.08. The van der Waals surface area contributed by atoms with Gasteiger partial charge in [0.25, 0.3) is 5.91 Å². The van der Waals surface area contributed by atoms with Gasteiger partial charge in [0.05, 0.1) is 23.4 Å². The summed E-state index contributed by atoms with van der Waals surface area (Å²) in [5.41, 5.74) is 2.44. The number of aryl methyl sites for hydroxylation is 1. The van der Waals surface area contributed by atoms with Gasteiger partial charge in [0.15, 0.2) is 11.6 Å². The molecule has 0 radical (unpaired) electrons. The number of ether oxygens (including phenoxy) is 1. The average Bonchev–Trinajstić information content (AvgIpc) is 3.40. The van der Waals surface area contributed by atoms with Crippen LogP contribution in [-0.2, 0) is 0 Å². The smallest absolute Gasteiger partial charge is 0.264 e. The van der Waals surface area contributed by atoms with Crippen molar-refractivity contribution in [3.05, 3.63) is 70.7 Å². The predicted octanol–water partition coefficient (Wildman–Crippen LogP) is 4.64. The van der Waals surface area contributed by atoms with Gasteiger partial charge in [0, 0.05) is 43.3 Å². The molecular weight excluding hydrogens is 446 g/mol. The maximum atomic E-state index is 13.7. The van der Waals surface area contributed by atoms with Gasteiger partial charge < -0.3 is 14.5 Å². The average molecular weight is 469 g/mol. The molecule has 1 saturated heterocycles. The summed E-state index contributed by atoms with van der Waals surface area (Å²) in [6, 6.07) is 12.8. The number of methoxy groups -OCH3 is 1. The second-order valence-electron chi connectivity index (χ2n) is 7.90. The highest BCUT2D eigenvalue weighted by molar-refractivity contribution is 7.20. The molecule has 1 amide bonds. The van der Waals surface area contributed by atoms with Crippen LogP contribution < -0.4 is 9.64 Å². The van der Waals surface area contributed by atoms with E-state index < -0.39 is 5.82 Å². The van der Waals surface area contributed by atoms with Crippen LogP contribution in [0.3, 0.4) is 0 Å². The highest BCUT2D eigenvalue weighted by atomic mass is 32.1. The molecule has 2 aromatic heterocycles. The van der Waals surface area contributed by atoms with Gasteiger partial charge >= 0.3 is 0 Å². The van der Waals surface area contributed by atoms with Crippen molar-refractivity contribution in [3.8, 4) is 11.4 Å². The van der Waals surface area contributed by atoms with Crippen molar-refractivity contribution in [1.82, 2.24) is 14.7 Å². The van der Waals surface area contributed by atoms with Crippen molar-refractivity contribution in [1.29, 1.82) is 0 Å². The van der Waals surface area contributed by atoms with E-state index in [9.17, 15) is 13.6 Å². The van der Waals surface area contributed by atoms with E-state index in [4.69, 9.17) is 4.74 Å². The topological polar surface area (TPSA) is 50.6 Å². The fourth-order valence-corrected chi connectivity index (χ4v) is 5.23. The third-order valence-corrected chi connectivity index (χ3v) is 6.99. The van der Waals surface area contributed by atoms with Crippen LogP contribution in [0.25, 0.3) is 15.9 Å². The molecule has 1 aliphatic heterocycles.